The molecule has 1 amide bonds. The van der Waals surface area contributed by atoms with Gasteiger partial charge in [-0.2, -0.15) is 0 Å². The number of amides is 1. The summed E-state index contributed by atoms with van der Waals surface area (Å²) in [5.41, 5.74) is 1.50. The number of rotatable bonds is 3. The second-order valence-corrected chi connectivity index (χ2v) is 5.53. The summed E-state index contributed by atoms with van der Waals surface area (Å²) in [7, 11) is 0. The minimum Gasteiger partial charge on any atom is -0.339 e. The Morgan fingerprint density at radius 1 is 1.71 bits per heavy atom. The predicted octanol–water partition coefficient (Wildman–Crippen LogP) is 2.43. The van der Waals surface area contributed by atoms with Gasteiger partial charge in [-0.3, -0.25) is 4.79 Å². The Bertz CT molecular complexity index is 378. The summed E-state index contributed by atoms with van der Waals surface area (Å²) >= 11 is 1.53. The molecule has 0 N–H and O–H groups in total. The van der Waals surface area contributed by atoms with Crippen molar-refractivity contribution >= 4 is 17.2 Å². The number of likely N-dealkylation sites (tertiary alicyclic amines) is 1. The highest BCUT2D eigenvalue weighted by molar-refractivity contribution is 7.07. The van der Waals surface area contributed by atoms with Crippen molar-refractivity contribution in [1.82, 2.24) is 9.88 Å². The van der Waals surface area contributed by atoms with E-state index in [2.05, 4.69) is 4.98 Å². The molecule has 1 aromatic rings. The second-order valence-electron chi connectivity index (χ2n) is 4.81. The van der Waals surface area contributed by atoms with Gasteiger partial charge in [-0.25, -0.2) is 9.37 Å². The predicted molar refractivity (Wildman–Crippen MR) is 65.8 cm³/mol. The molecular formula is C12H17FN2OS. The van der Waals surface area contributed by atoms with Gasteiger partial charge < -0.3 is 4.90 Å². The van der Waals surface area contributed by atoms with Gasteiger partial charge in [0.2, 0.25) is 5.91 Å². The van der Waals surface area contributed by atoms with Crippen molar-refractivity contribution in [2.24, 2.45) is 0 Å². The molecule has 17 heavy (non-hydrogen) atoms. The third-order valence-electron chi connectivity index (χ3n) is 3.08. The molecule has 0 spiro atoms. The number of thiazole rings is 1. The largest absolute Gasteiger partial charge is 0.339 e. The quantitative estimate of drug-likeness (QED) is 0.832. The standard InChI is InChI=1S/C12H17FN2OS/c1-12(13)5-2-6-15(8-12)11(16)4-3-10-7-17-9-14-10/h7,9H,2-6,8H2,1H3. The van der Waals surface area contributed by atoms with Crippen LogP contribution in [0.25, 0.3) is 0 Å². The fraction of sp³-hybridized carbons (Fsp3) is 0.667. The molecule has 1 aromatic heterocycles. The first-order valence-corrected chi connectivity index (χ1v) is 6.85. The number of nitrogens with zero attached hydrogens (tertiary/aromatic N) is 2. The summed E-state index contributed by atoms with van der Waals surface area (Å²) in [6.45, 7) is 2.51. The van der Waals surface area contributed by atoms with Crippen molar-refractivity contribution in [2.45, 2.75) is 38.3 Å². The van der Waals surface area contributed by atoms with Crippen molar-refractivity contribution in [2.75, 3.05) is 13.1 Å². The molecule has 1 aliphatic heterocycles. The summed E-state index contributed by atoms with van der Waals surface area (Å²) in [5, 5.41) is 1.95. The molecule has 1 saturated heterocycles. The topological polar surface area (TPSA) is 33.2 Å². The number of carbonyl (C=O) groups excluding carboxylic acids is 1. The SMILES string of the molecule is CC1(F)CCCN(C(=O)CCc2cscn2)C1. The minimum atomic E-state index is -1.21. The maximum atomic E-state index is 13.8. The number of halogens is 1. The molecule has 3 nitrogen and oxygen atoms in total. The zero-order valence-corrected chi connectivity index (χ0v) is 10.8. The van der Waals surface area contributed by atoms with E-state index in [4.69, 9.17) is 0 Å². The number of alkyl halides is 1. The first kappa shape index (κ1) is 12.5. The third-order valence-corrected chi connectivity index (χ3v) is 3.71. The van der Waals surface area contributed by atoms with Gasteiger partial charge in [0.15, 0.2) is 0 Å². The first-order valence-electron chi connectivity index (χ1n) is 5.91. The average molecular weight is 256 g/mol. The number of piperidine rings is 1. The molecule has 1 atom stereocenters. The average Bonchev–Trinajstić information content (AvgIpc) is 2.77. The van der Waals surface area contributed by atoms with Crippen LogP contribution in [0.5, 0.6) is 0 Å². The Kier molecular flexibility index (Phi) is 3.76. The summed E-state index contributed by atoms with van der Waals surface area (Å²) in [4.78, 5) is 17.7. The van der Waals surface area contributed by atoms with Crippen LogP contribution in [0.1, 0.15) is 31.9 Å². The Morgan fingerprint density at radius 2 is 2.53 bits per heavy atom. The van der Waals surface area contributed by atoms with Crippen molar-refractivity contribution in [3.05, 3.63) is 16.6 Å². The van der Waals surface area contributed by atoms with E-state index in [1.165, 1.54) is 11.3 Å². The molecule has 0 aromatic carbocycles. The van der Waals surface area contributed by atoms with Crippen molar-refractivity contribution < 1.29 is 9.18 Å². The molecule has 0 radical (unpaired) electrons. The number of aryl methyl sites for hydroxylation is 1. The summed E-state index contributed by atoms with van der Waals surface area (Å²) in [5.74, 6) is 0.0431. The first-order chi connectivity index (χ1) is 8.07. The van der Waals surface area contributed by atoms with Crippen LogP contribution in [-0.2, 0) is 11.2 Å². The summed E-state index contributed by atoms with van der Waals surface area (Å²) < 4.78 is 13.8. The van der Waals surface area contributed by atoms with Gasteiger partial charge in [0, 0.05) is 18.3 Å². The Morgan fingerprint density at radius 3 is 3.18 bits per heavy atom. The maximum absolute atomic E-state index is 13.8. The molecule has 0 aliphatic carbocycles. The fourth-order valence-corrected chi connectivity index (χ4v) is 2.75. The lowest BCUT2D eigenvalue weighted by Crippen LogP contribution is -2.46. The van der Waals surface area contributed by atoms with Gasteiger partial charge >= 0.3 is 0 Å². The Hall–Kier alpha value is -0.970. The molecule has 5 heteroatoms. The van der Waals surface area contributed by atoms with E-state index in [9.17, 15) is 9.18 Å². The van der Waals surface area contributed by atoms with Gasteiger partial charge in [-0.1, -0.05) is 0 Å². The molecule has 2 heterocycles. The summed E-state index contributed by atoms with van der Waals surface area (Å²) in [6.07, 6.45) is 2.40. The number of hydrogen-bond acceptors (Lipinski definition) is 3. The van der Waals surface area contributed by atoms with Crippen LogP contribution in [-0.4, -0.2) is 34.5 Å². The molecule has 2 rings (SSSR count). The van der Waals surface area contributed by atoms with E-state index in [0.717, 1.165) is 12.1 Å². The van der Waals surface area contributed by atoms with Crippen LogP contribution in [0.3, 0.4) is 0 Å². The Labute approximate surface area is 105 Å². The van der Waals surface area contributed by atoms with E-state index >= 15 is 0 Å². The number of hydrogen-bond donors (Lipinski definition) is 0. The molecule has 1 unspecified atom stereocenters. The highest BCUT2D eigenvalue weighted by Gasteiger charge is 2.32. The van der Waals surface area contributed by atoms with Crippen molar-refractivity contribution in [3.8, 4) is 0 Å². The van der Waals surface area contributed by atoms with E-state index < -0.39 is 5.67 Å². The third kappa shape index (κ3) is 3.49. The van der Waals surface area contributed by atoms with Crippen LogP contribution in [0.4, 0.5) is 4.39 Å². The van der Waals surface area contributed by atoms with Gasteiger partial charge in [0.1, 0.15) is 5.67 Å². The van der Waals surface area contributed by atoms with Crippen LogP contribution >= 0.6 is 11.3 Å². The van der Waals surface area contributed by atoms with Gasteiger partial charge in [0.05, 0.1) is 17.7 Å². The molecule has 94 valence electrons. The smallest absolute Gasteiger partial charge is 0.223 e. The van der Waals surface area contributed by atoms with Crippen LogP contribution < -0.4 is 0 Å². The molecule has 0 saturated carbocycles. The molecular weight excluding hydrogens is 239 g/mol. The minimum absolute atomic E-state index is 0.0431. The van der Waals surface area contributed by atoms with Gasteiger partial charge in [-0.05, 0) is 26.2 Å². The molecule has 1 aliphatic rings. The zero-order chi connectivity index (χ0) is 12.3. The van der Waals surface area contributed by atoms with Gasteiger partial charge in [0.25, 0.3) is 0 Å². The van der Waals surface area contributed by atoms with Crippen molar-refractivity contribution in [1.29, 1.82) is 0 Å². The number of aromatic nitrogens is 1. The molecule has 0 bridgehead atoms. The van der Waals surface area contributed by atoms with Crippen LogP contribution in [0, 0.1) is 0 Å². The van der Waals surface area contributed by atoms with E-state index in [-0.39, 0.29) is 12.5 Å². The van der Waals surface area contributed by atoms with Crippen LogP contribution in [0.15, 0.2) is 10.9 Å². The van der Waals surface area contributed by atoms with Gasteiger partial charge in [-0.15, -0.1) is 11.3 Å². The molecule has 1 fully saturated rings. The highest BCUT2D eigenvalue weighted by atomic mass is 32.1. The van der Waals surface area contributed by atoms with E-state index in [0.29, 0.717) is 25.8 Å². The second kappa shape index (κ2) is 5.12. The maximum Gasteiger partial charge on any atom is 0.223 e. The normalized spacial score (nSPS) is 24.9. The lowest BCUT2D eigenvalue weighted by Gasteiger charge is -2.35. The Balaban J connectivity index is 1.83. The van der Waals surface area contributed by atoms with Crippen LogP contribution in [0.2, 0.25) is 0 Å². The van der Waals surface area contributed by atoms with E-state index in [1.807, 2.05) is 5.38 Å². The fourth-order valence-electron chi connectivity index (χ4n) is 2.16. The van der Waals surface area contributed by atoms with Crippen molar-refractivity contribution in [3.63, 3.8) is 0 Å². The van der Waals surface area contributed by atoms with E-state index in [1.54, 1.807) is 17.3 Å². The number of carbonyl (C=O) groups is 1. The highest BCUT2D eigenvalue weighted by Crippen LogP contribution is 2.24. The monoisotopic (exact) mass is 256 g/mol. The lowest BCUT2D eigenvalue weighted by atomic mass is 9.96. The summed E-state index contributed by atoms with van der Waals surface area (Å²) in [6, 6.07) is 0. The lowest BCUT2D eigenvalue weighted by molar-refractivity contribution is -0.135. The zero-order valence-electron chi connectivity index (χ0n) is 9.99.